The second kappa shape index (κ2) is 9.40. The van der Waals surface area contributed by atoms with Crippen molar-refractivity contribution in [3.63, 3.8) is 0 Å². The van der Waals surface area contributed by atoms with E-state index in [1.807, 2.05) is 0 Å². The zero-order chi connectivity index (χ0) is 26.3. The van der Waals surface area contributed by atoms with Gasteiger partial charge in [0.25, 0.3) is 11.8 Å². The van der Waals surface area contributed by atoms with Gasteiger partial charge in [0.15, 0.2) is 5.11 Å². The van der Waals surface area contributed by atoms with Gasteiger partial charge in [-0.25, -0.2) is 9.59 Å². The average Bonchev–Trinajstić information content (AvgIpc) is 3.10. The van der Waals surface area contributed by atoms with Crippen LogP contribution in [-0.2, 0) is 9.59 Å². The van der Waals surface area contributed by atoms with Gasteiger partial charge in [-0.15, -0.1) is 0 Å². The summed E-state index contributed by atoms with van der Waals surface area (Å²) in [5.41, 5.74) is 1.90. The topological polar surface area (TPSA) is 129 Å². The van der Waals surface area contributed by atoms with Crippen molar-refractivity contribution in [1.29, 1.82) is 0 Å². The molecule has 0 spiro atoms. The van der Waals surface area contributed by atoms with Crippen LogP contribution < -0.4 is 10.2 Å². The minimum Gasteiger partial charge on any atom is -0.478 e. The van der Waals surface area contributed by atoms with E-state index in [9.17, 15) is 29.4 Å². The van der Waals surface area contributed by atoms with Crippen LogP contribution in [0.5, 0.6) is 0 Å². The van der Waals surface area contributed by atoms with Crippen LogP contribution in [0.3, 0.4) is 0 Å². The van der Waals surface area contributed by atoms with Gasteiger partial charge >= 0.3 is 11.9 Å². The van der Waals surface area contributed by atoms with Gasteiger partial charge in [-0.3, -0.25) is 19.8 Å². The molecule has 2 amide bonds. The molecule has 36 heavy (non-hydrogen) atoms. The number of aromatic carboxylic acids is 2. The zero-order valence-corrected chi connectivity index (χ0v) is 20.5. The fourth-order valence-corrected chi connectivity index (χ4v) is 4.36. The number of halogens is 1. The first-order chi connectivity index (χ1) is 17.0. The van der Waals surface area contributed by atoms with Gasteiger partial charge in [0.2, 0.25) is 0 Å². The van der Waals surface area contributed by atoms with Crippen molar-refractivity contribution in [3.05, 3.63) is 87.2 Å². The Bertz CT molecular complexity index is 1470. The molecule has 182 valence electrons. The molecule has 1 saturated heterocycles. The van der Waals surface area contributed by atoms with E-state index in [-0.39, 0.29) is 21.8 Å². The van der Waals surface area contributed by atoms with E-state index in [0.29, 0.717) is 33.3 Å². The van der Waals surface area contributed by atoms with Crippen LogP contribution in [0.15, 0.2) is 54.1 Å². The van der Waals surface area contributed by atoms with E-state index in [1.54, 1.807) is 48.7 Å². The molecule has 0 bridgehead atoms. The number of anilines is 1. The molecule has 3 aromatic rings. The fourth-order valence-electron chi connectivity index (χ4n) is 3.96. The minimum atomic E-state index is -1.27. The quantitative estimate of drug-likeness (QED) is 0.262. The molecule has 0 unspecified atom stereocenters. The summed E-state index contributed by atoms with van der Waals surface area (Å²) in [5.74, 6) is -3.84. The number of hydrogen-bond acceptors (Lipinski definition) is 5. The fraction of sp³-hybridized carbons (Fsp3) is 0.0800. The summed E-state index contributed by atoms with van der Waals surface area (Å²) in [5, 5.41) is 21.8. The van der Waals surface area contributed by atoms with E-state index in [4.69, 9.17) is 23.8 Å². The van der Waals surface area contributed by atoms with E-state index < -0.39 is 23.8 Å². The summed E-state index contributed by atoms with van der Waals surface area (Å²) in [6.07, 6.45) is 1.42. The van der Waals surface area contributed by atoms with E-state index in [0.717, 1.165) is 6.07 Å². The van der Waals surface area contributed by atoms with Gasteiger partial charge in [-0.1, -0.05) is 11.6 Å². The monoisotopic (exact) mass is 523 g/mol. The number of carbonyl (C=O) groups excluding carboxylic acids is 2. The Morgan fingerprint density at radius 2 is 1.53 bits per heavy atom. The highest BCUT2D eigenvalue weighted by molar-refractivity contribution is 7.80. The van der Waals surface area contributed by atoms with E-state index >= 15 is 0 Å². The van der Waals surface area contributed by atoms with Gasteiger partial charge in [0.05, 0.1) is 16.8 Å². The lowest BCUT2D eigenvalue weighted by molar-refractivity contribution is -0.122. The number of amides is 2. The van der Waals surface area contributed by atoms with Crippen LogP contribution in [0, 0.1) is 13.8 Å². The summed E-state index contributed by atoms with van der Waals surface area (Å²) in [6.45, 7) is 3.45. The van der Waals surface area contributed by atoms with Gasteiger partial charge in [-0.05, 0) is 86.2 Å². The molecule has 1 aromatic heterocycles. The molecule has 9 nitrogen and oxygen atoms in total. The van der Waals surface area contributed by atoms with Crippen LogP contribution in [0.4, 0.5) is 5.69 Å². The smallest absolute Gasteiger partial charge is 0.335 e. The number of carboxylic acids is 2. The SMILES string of the molecule is Cc1cc(/C=C2\C(=O)NC(=S)N(c3ccc(Cl)cc3)C2=O)c(C)n1-c1cc(C(=O)O)cc(C(=O)O)c1. The number of thiocarbonyl (C=S) groups is 1. The lowest BCUT2D eigenvalue weighted by Crippen LogP contribution is -2.54. The number of nitrogens with zero attached hydrogens (tertiary/aromatic N) is 2. The molecule has 0 saturated carbocycles. The van der Waals surface area contributed by atoms with E-state index in [1.165, 1.54) is 23.1 Å². The van der Waals surface area contributed by atoms with Crippen molar-refractivity contribution < 1.29 is 29.4 Å². The predicted molar refractivity (Wildman–Crippen MR) is 137 cm³/mol. The largest absolute Gasteiger partial charge is 0.478 e. The van der Waals surface area contributed by atoms with Gasteiger partial charge < -0.3 is 14.8 Å². The summed E-state index contributed by atoms with van der Waals surface area (Å²) in [7, 11) is 0. The Balaban J connectivity index is 1.80. The van der Waals surface area contributed by atoms with Gasteiger partial charge in [-0.2, -0.15) is 0 Å². The number of hydrogen-bond donors (Lipinski definition) is 3. The van der Waals surface area contributed by atoms with Gasteiger partial charge in [0.1, 0.15) is 5.57 Å². The molecule has 1 aliphatic rings. The van der Waals surface area contributed by atoms with Crippen molar-refractivity contribution in [2.24, 2.45) is 0 Å². The van der Waals surface area contributed by atoms with Crippen LogP contribution >= 0.6 is 23.8 Å². The van der Waals surface area contributed by atoms with E-state index in [2.05, 4.69) is 5.32 Å². The Morgan fingerprint density at radius 1 is 0.944 bits per heavy atom. The first-order valence-electron chi connectivity index (χ1n) is 10.5. The third kappa shape index (κ3) is 4.51. The summed E-state index contributed by atoms with van der Waals surface area (Å²) in [4.78, 5) is 50.3. The number of carbonyl (C=O) groups is 4. The van der Waals surface area contributed by atoms with Crippen LogP contribution in [0.2, 0.25) is 5.02 Å². The normalized spacial score (nSPS) is 14.8. The van der Waals surface area contributed by atoms with Crippen molar-refractivity contribution in [2.75, 3.05) is 4.90 Å². The molecule has 1 fully saturated rings. The maximum absolute atomic E-state index is 13.3. The molecule has 2 heterocycles. The molecule has 11 heteroatoms. The third-order valence-corrected chi connectivity index (χ3v) is 6.16. The highest BCUT2D eigenvalue weighted by atomic mass is 35.5. The summed E-state index contributed by atoms with van der Waals surface area (Å²) < 4.78 is 1.65. The first-order valence-corrected chi connectivity index (χ1v) is 11.2. The average molecular weight is 524 g/mol. The molecule has 1 aliphatic heterocycles. The van der Waals surface area contributed by atoms with Gasteiger partial charge in [0, 0.05) is 22.1 Å². The number of rotatable bonds is 5. The lowest BCUT2D eigenvalue weighted by atomic mass is 10.1. The first kappa shape index (κ1) is 24.8. The van der Waals surface area contributed by atoms with Crippen molar-refractivity contribution in [3.8, 4) is 5.69 Å². The third-order valence-electron chi connectivity index (χ3n) is 5.63. The second-order valence-electron chi connectivity index (χ2n) is 7.98. The molecular formula is C25H18ClN3O6S. The Kier molecular flexibility index (Phi) is 6.49. The van der Waals surface area contributed by atoms with Crippen LogP contribution in [-0.4, -0.2) is 43.6 Å². The van der Waals surface area contributed by atoms with Crippen LogP contribution in [0.1, 0.15) is 37.7 Å². The Morgan fingerprint density at radius 3 is 2.08 bits per heavy atom. The number of carboxylic acid groups (broad SMARTS) is 2. The molecule has 2 aromatic carbocycles. The molecule has 3 N–H and O–H groups in total. The lowest BCUT2D eigenvalue weighted by Gasteiger charge is -2.28. The molecule has 4 rings (SSSR count). The highest BCUT2D eigenvalue weighted by Crippen LogP contribution is 2.27. The standard InChI is InChI=1S/C25H18ClN3O6S/c1-12-7-14(13(2)28(12)19-9-15(23(32)33)8-16(10-19)24(34)35)11-20-21(30)27-25(36)29(22(20)31)18-5-3-17(26)4-6-18/h3-11H,1-2H3,(H,32,33)(H,34,35)(H,27,30,36)/b20-11+. The molecular weight excluding hydrogens is 506 g/mol. The number of aromatic nitrogens is 1. The maximum Gasteiger partial charge on any atom is 0.335 e. The highest BCUT2D eigenvalue weighted by Gasteiger charge is 2.34. The number of benzene rings is 2. The van der Waals surface area contributed by atoms with Crippen molar-refractivity contribution in [2.45, 2.75) is 13.8 Å². The number of aryl methyl sites for hydroxylation is 1. The predicted octanol–water partition coefficient (Wildman–Crippen LogP) is 3.98. The zero-order valence-electron chi connectivity index (χ0n) is 18.9. The molecule has 0 aliphatic carbocycles. The minimum absolute atomic E-state index is 0.0679. The van der Waals surface area contributed by atoms with Crippen LogP contribution in [0.25, 0.3) is 11.8 Å². The maximum atomic E-state index is 13.3. The summed E-state index contributed by atoms with van der Waals surface area (Å²) >= 11 is 11.1. The van der Waals surface area contributed by atoms with Crippen molar-refractivity contribution in [1.82, 2.24) is 9.88 Å². The summed E-state index contributed by atoms with van der Waals surface area (Å²) in [6, 6.07) is 11.9. The number of nitrogens with one attached hydrogen (secondary N) is 1. The molecule has 0 radical (unpaired) electrons. The van der Waals surface area contributed by atoms with Crippen molar-refractivity contribution >= 4 is 64.4 Å². The Hall–Kier alpha value is -4.28. The Labute approximate surface area is 215 Å². The second-order valence-corrected chi connectivity index (χ2v) is 8.80. The molecule has 0 atom stereocenters.